The lowest BCUT2D eigenvalue weighted by Crippen LogP contribution is -2.40. The van der Waals surface area contributed by atoms with Crippen molar-refractivity contribution >= 4 is 11.5 Å². The van der Waals surface area contributed by atoms with Gasteiger partial charge in [0.1, 0.15) is 5.82 Å². The summed E-state index contributed by atoms with van der Waals surface area (Å²) in [6.07, 6.45) is 3.40. The van der Waals surface area contributed by atoms with Gasteiger partial charge in [-0.25, -0.2) is 9.80 Å². The monoisotopic (exact) mass is 253 g/mol. The molecule has 0 unspecified atom stereocenters. The lowest BCUT2D eigenvalue weighted by atomic mass is 10.2. The molecule has 2 rings (SSSR count). The third-order valence-corrected chi connectivity index (χ3v) is 3.18. The van der Waals surface area contributed by atoms with E-state index in [-0.39, 0.29) is 11.5 Å². The molecular formula is C11H19N5O2. The van der Waals surface area contributed by atoms with Crippen molar-refractivity contribution in [1.82, 2.24) is 14.6 Å². The second kappa shape index (κ2) is 5.26. The highest BCUT2D eigenvalue weighted by molar-refractivity contribution is 5.59. The number of piperidine rings is 1. The number of nitrogen functional groups attached to an aromatic ring is 1. The van der Waals surface area contributed by atoms with Gasteiger partial charge in [-0.1, -0.05) is 6.42 Å². The van der Waals surface area contributed by atoms with E-state index in [1.54, 1.807) is 6.92 Å². The Morgan fingerprint density at radius 3 is 2.56 bits per heavy atom. The van der Waals surface area contributed by atoms with Gasteiger partial charge in [0.05, 0.1) is 0 Å². The minimum absolute atomic E-state index is 0.192. The van der Waals surface area contributed by atoms with Crippen LogP contribution in [0.4, 0.5) is 11.5 Å². The summed E-state index contributed by atoms with van der Waals surface area (Å²) in [6, 6.07) is 0. The molecule has 1 aromatic heterocycles. The lowest BCUT2D eigenvalue weighted by molar-refractivity contribution is 0.273. The van der Waals surface area contributed by atoms with Gasteiger partial charge in [-0.3, -0.25) is 14.3 Å². The standard InChI is InChI=1S/C11H19N5O2/c1-2-16-9(12)8(10(17)13-11(16)18)14-15-6-4-3-5-7-15/h14H,2-7,12H2,1H3,(H,13,17,18). The molecule has 0 atom stereocenters. The molecule has 1 aliphatic heterocycles. The summed E-state index contributed by atoms with van der Waals surface area (Å²) < 4.78 is 1.34. The number of anilines is 2. The largest absolute Gasteiger partial charge is 0.383 e. The maximum absolute atomic E-state index is 11.8. The van der Waals surface area contributed by atoms with E-state index in [0.717, 1.165) is 25.9 Å². The van der Waals surface area contributed by atoms with Crippen molar-refractivity contribution in [1.29, 1.82) is 0 Å². The number of hydrazine groups is 1. The molecule has 0 aromatic carbocycles. The Hall–Kier alpha value is -1.76. The second-order valence-electron chi connectivity index (χ2n) is 4.42. The Labute approximate surface area is 105 Å². The van der Waals surface area contributed by atoms with E-state index < -0.39 is 11.2 Å². The van der Waals surface area contributed by atoms with Gasteiger partial charge in [-0.15, -0.1) is 0 Å². The summed E-state index contributed by atoms with van der Waals surface area (Å²) >= 11 is 0. The molecule has 0 spiro atoms. The van der Waals surface area contributed by atoms with Gasteiger partial charge >= 0.3 is 5.69 Å². The summed E-state index contributed by atoms with van der Waals surface area (Å²) in [7, 11) is 0. The van der Waals surface area contributed by atoms with Crippen LogP contribution in [0.1, 0.15) is 26.2 Å². The summed E-state index contributed by atoms with van der Waals surface area (Å²) in [4.78, 5) is 25.6. The smallest absolute Gasteiger partial charge is 0.330 e. The zero-order chi connectivity index (χ0) is 13.1. The summed E-state index contributed by atoms with van der Waals surface area (Å²) in [6.45, 7) is 3.99. The zero-order valence-corrected chi connectivity index (χ0v) is 10.5. The minimum Gasteiger partial charge on any atom is -0.383 e. The van der Waals surface area contributed by atoms with Crippen LogP contribution in [0.5, 0.6) is 0 Å². The van der Waals surface area contributed by atoms with Crippen LogP contribution >= 0.6 is 0 Å². The number of hydrogen-bond acceptors (Lipinski definition) is 5. The average molecular weight is 253 g/mol. The molecule has 100 valence electrons. The number of H-pyrrole nitrogens is 1. The zero-order valence-electron chi connectivity index (χ0n) is 10.5. The van der Waals surface area contributed by atoms with Crippen LogP contribution in [0, 0.1) is 0 Å². The molecule has 1 saturated heterocycles. The van der Waals surface area contributed by atoms with E-state index >= 15 is 0 Å². The third kappa shape index (κ3) is 2.40. The maximum Gasteiger partial charge on any atom is 0.330 e. The Morgan fingerprint density at radius 2 is 1.94 bits per heavy atom. The van der Waals surface area contributed by atoms with Crippen LogP contribution in [0.2, 0.25) is 0 Å². The normalized spacial score (nSPS) is 16.7. The SMILES string of the molecule is CCn1c(N)c(NN2CCCCC2)c(=O)[nH]c1=O. The number of aromatic amines is 1. The van der Waals surface area contributed by atoms with Crippen molar-refractivity contribution in [2.45, 2.75) is 32.7 Å². The molecule has 0 aliphatic carbocycles. The van der Waals surface area contributed by atoms with Gasteiger partial charge < -0.3 is 11.2 Å². The van der Waals surface area contributed by atoms with Crippen molar-refractivity contribution in [2.24, 2.45) is 0 Å². The quantitative estimate of drug-likeness (QED) is 0.702. The first-order valence-corrected chi connectivity index (χ1v) is 6.27. The molecule has 0 radical (unpaired) electrons. The van der Waals surface area contributed by atoms with Crippen molar-refractivity contribution in [3.05, 3.63) is 20.8 Å². The van der Waals surface area contributed by atoms with E-state index in [1.807, 2.05) is 5.01 Å². The Bertz CT molecular complexity index is 527. The predicted octanol–water partition coefficient (Wildman–Crippen LogP) is -0.0485. The van der Waals surface area contributed by atoms with Gasteiger partial charge in [-0.05, 0) is 19.8 Å². The van der Waals surface area contributed by atoms with E-state index in [9.17, 15) is 9.59 Å². The minimum atomic E-state index is -0.468. The third-order valence-electron chi connectivity index (χ3n) is 3.18. The second-order valence-corrected chi connectivity index (χ2v) is 4.42. The molecule has 7 nitrogen and oxygen atoms in total. The highest BCUT2D eigenvalue weighted by Crippen LogP contribution is 2.14. The lowest BCUT2D eigenvalue weighted by Gasteiger charge is -2.28. The number of nitrogens with zero attached hydrogens (tertiary/aromatic N) is 2. The van der Waals surface area contributed by atoms with Crippen molar-refractivity contribution in [3.63, 3.8) is 0 Å². The highest BCUT2D eigenvalue weighted by Gasteiger charge is 2.16. The molecule has 0 saturated carbocycles. The molecular weight excluding hydrogens is 234 g/mol. The Balaban J connectivity index is 2.32. The first kappa shape index (κ1) is 12.7. The highest BCUT2D eigenvalue weighted by atomic mass is 16.2. The van der Waals surface area contributed by atoms with E-state index in [2.05, 4.69) is 10.4 Å². The number of hydrogen-bond donors (Lipinski definition) is 3. The van der Waals surface area contributed by atoms with Crippen LogP contribution in [0.25, 0.3) is 0 Å². The van der Waals surface area contributed by atoms with Crippen LogP contribution in [-0.4, -0.2) is 27.6 Å². The first-order valence-electron chi connectivity index (χ1n) is 6.27. The number of rotatable bonds is 3. The molecule has 18 heavy (non-hydrogen) atoms. The predicted molar refractivity (Wildman–Crippen MR) is 70.5 cm³/mol. The number of nitrogens with one attached hydrogen (secondary N) is 2. The molecule has 1 fully saturated rings. The molecule has 0 amide bonds. The first-order chi connectivity index (χ1) is 8.63. The maximum atomic E-state index is 11.8. The van der Waals surface area contributed by atoms with Gasteiger partial charge in [0.25, 0.3) is 5.56 Å². The van der Waals surface area contributed by atoms with Crippen molar-refractivity contribution in [2.75, 3.05) is 24.2 Å². The van der Waals surface area contributed by atoms with E-state index in [0.29, 0.717) is 6.54 Å². The van der Waals surface area contributed by atoms with Crippen molar-refractivity contribution in [3.8, 4) is 0 Å². The summed E-state index contributed by atoms with van der Waals surface area (Å²) in [5.74, 6) is 0.192. The Morgan fingerprint density at radius 1 is 1.28 bits per heavy atom. The Kier molecular flexibility index (Phi) is 3.71. The molecule has 4 N–H and O–H groups in total. The van der Waals surface area contributed by atoms with E-state index in [4.69, 9.17) is 5.73 Å². The summed E-state index contributed by atoms with van der Waals surface area (Å²) in [5.41, 5.74) is 8.22. The fraction of sp³-hybridized carbons (Fsp3) is 0.636. The number of aromatic nitrogens is 2. The molecule has 7 heteroatoms. The molecule has 1 aliphatic rings. The average Bonchev–Trinajstić information content (AvgIpc) is 2.36. The van der Waals surface area contributed by atoms with Crippen LogP contribution in [-0.2, 0) is 6.54 Å². The van der Waals surface area contributed by atoms with Crippen molar-refractivity contribution < 1.29 is 0 Å². The number of nitrogens with two attached hydrogens (primary N) is 1. The van der Waals surface area contributed by atoms with Crippen LogP contribution < -0.4 is 22.4 Å². The fourth-order valence-corrected chi connectivity index (χ4v) is 2.17. The van der Waals surface area contributed by atoms with Gasteiger partial charge in [0, 0.05) is 19.6 Å². The fourth-order valence-electron chi connectivity index (χ4n) is 2.17. The van der Waals surface area contributed by atoms with Gasteiger partial charge in [0.2, 0.25) is 0 Å². The molecule has 1 aromatic rings. The van der Waals surface area contributed by atoms with Gasteiger partial charge in [-0.2, -0.15) is 0 Å². The van der Waals surface area contributed by atoms with Gasteiger partial charge in [0.15, 0.2) is 5.69 Å². The van der Waals surface area contributed by atoms with Crippen LogP contribution in [0.15, 0.2) is 9.59 Å². The molecule has 2 heterocycles. The topological polar surface area (TPSA) is 96.2 Å². The molecule has 0 bridgehead atoms. The van der Waals surface area contributed by atoms with E-state index in [1.165, 1.54) is 11.0 Å². The summed E-state index contributed by atoms with van der Waals surface area (Å²) in [5, 5.41) is 1.97. The van der Waals surface area contributed by atoms with Crippen LogP contribution in [0.3, 0.4) is 0 Å².